The monoisotopic (exact) mass is 612 g/mol. The lowest BCUT2D eigenvalue weighted by Gasteiger charge is -2.23. The van der Waals surface area contributed by atoms with Gasteiger partial charge in [0.15, 0.2) is 0 Å². The Morgan fingerprint density at radius 1 is 0.417 bits per heavy atom. The van der Waals surface area contributed by atoms with Crippen molar-refractivity contribution < 1.29 is 4.42 Å². The SMILES string of the molecule is CC1(C)c2cc(-c3c4ccccc4c(-c4cccc(-c5cccc6ccccc56)c4)c4ccccc34)ccc2-c2oc3ccccc3c21. The van der Waals surface area contributed by atoms with Gasteiger partial charge in [-0.1, -0.05) is 153 Å². The van der Waals surface area contributed by atoms with E-state index in [0.29, 0.717) is 0 Å². The normalized spacial score (nSPS) is 13.4. The van der Waals surface area contributed by atoms with Gasteiger partial charge >= 0.3 is 0 Å². The smallest absolute Gasteiger partial charge is 0.139 e. The molecular weight excluding hydrogens is 581 g/mol. The van der Waals surface area contributed by atoms with Crippen molar-refractivity contribution >= 4 is 43.3 Å². The fourth-order valence-electron chi connectivity index (χ4n) is 8.47. The molecule has 1 aromatic heterocycles. The van der Waals surface area contributed by atoms with Crippen LogP contribution in [0.5, 0.6) is 0 Å². The fourth-order valence-corrected chi connectivity index (χ4v) is 8.47. The molecule has 10 rings (SSSR count). The van der Waals surface area contributed by atoms with Gasteiger partial charge < -0.3 is 4.42 Å². The minimum atomic E-state index is -0.180. The Morgan fingerprint density at radius 3 is 1.67 bits per heavy atom. The summed E-state index contributed by atoms with van der Waals surface area (Å²) in [6.45, 7) is 4.68. The number of hydrogen-bond donors (Lipinski definition) is 0. The van der Waals surface area contributed by atoms with E-state index in [2.05, 4.69) is 172 Å². The highest BCUT2D eigenvalue weighted by molar-refractivity contribution is 6.21. The van der Waals surface area contributed by atoms with E-state index >= 15 is 0 Å². The molecule has 0 saturated carbocycles. The van der Waals surface area contributed by atoms with Gasteiger partial charge in [-0.3, -0.25) is 0 Å². The molecule has 9 aromatic rings. The third-order valence-electron chi connectivity index (χ3n) is 10.6. The minimum absolute atomic E-state index is 0.180. The first-order valence-corrected chi connectivity index (χ1v) is 16.8. The molecule has 0 unspecified atom stereocenters. The van der Waals surface area contributed by atoms with Crippen molar-refractivity contribution in [2.75, 3.05) is 0 Å². The van der Waals surface area contributed by atoms with Gasteiger partial charge in [-0.25, -0.2) is 0 Å². The van der Waals surface area contributed by atoms with Gasteiger partial charge in [-0.2, -0.15) is 0 Å². The molecule has 0 atom stereocenters. The largest absolute Gasteiger partial charge is 0.456 e. The van der Waals surface area contributed by atoms with Gasteiger partial charge in [0, 0.05) is 21.9 Å². The summed E-state index contributed by atoms with van der Waals surface area (Å²) < 4.78 is 6.49. The van der Waals surface area contributed by atoms with E-state index in [-0.39, 0.29) is 5.41 Å². The summed E-state index contributed by atoms with van der Waals surface area (Å²) >= 11 is 0. The van der Waals surface area contributed by atoms with Crippen LogP contribution in [0.2, 0.25) is 0 Å². The van der Waals surface area contributed by atoms with Crippen LogP contribution in [0.4, 0.5) is 0 Å². The second-order valence-electron chi connectivity index (χ2n) is 13.6. The first-order chi connectivity index (χ1) is 23.6. The van der Waals surface area contributed by atoms with Crippen molar-refractivity contribution in [2.24, 2.45) is 0 Å². The minimum Gasteiger partial charge on any atom is -0.456 e. The zero-order valence-electron chi connectivity index (χ0n) is 26.9. The van der Waals surface area contributed by atoms with Crippen LogP contribution >= 0.6 is 0 Å². The second-order valence-corrected chi connectivity index (χ2v) is 13.6. The highest BCUT2D eigenvalue weighted by atomic mass is 16.3. The molecule has 0 spiro atoms. The molecule has 0 aliphatic heterocycles. The molecule has 48 heavy (non-hydrogen) atoms. The molecule has 8 aromatic carbocycles. The van der Waals surface area contributed by atoms with E-state index in [1.54, 1.807) is 0 Å². The molecule has 0 amide bonds. The molecule has 226 valence electrons. The Labute approximate surface area is 279 Å². The average molecular weight is 613 g/mol. The van der Waals surface area contributed by atoms with Crippen LogP contribution < -0.4 is 0 Å². The lowest BCUT2D eigenvalue weighted by atomic mass is 9.79. The van der Waals surface area contributed by atoms with Crippen LogP contribution in [0.3, 0.4) is 0 Å². The van der Waals surface area contributed by atoms with E-state index in [1.165, 1.54) is 87.8 Å². The Hall–Kier alpha value is -5.92. The molecule has 0 fully saturated rings. The van der Waals surface area contributed by atoms with Crippen LogP contribution in [0.1, 0.15) is 25.0 Å². The maximum atomic E-state index is 6.49. The molecule has 0 saturated heterocycles. The zero-order chi connectivity index (χ0) is 32.0. The average Bonchev–Trinajstić information content (AvgIpc) is 3.63. The number of hydrogen-bond acceptors (Lipinski definition) is 1. The Kier molecular flexibility index (Phi) is 5.69. The van der Waals surface area contributed by atoms with Crippen molar-refractivity contribution in [3.05, 3.63) is 169 Å². The summed E-state index contributed by atoms with van der Waals surface area (Å²) in [5.74, 6) is 1.01. The Balaban J connectivity index is 1.20. The second kappa shape index (κ2) is 10.0. The van der Waals surface area contributed by atoms with Crippen molar-refractivity contribution in [1.29, 1.82) is 0 Å². The van der Waals surface area contributed by atoms with Crippen molar-refractivity contribution in [3.63, 3.8) is 0 Å². The third-order valence-corrected chi connectivity index (χ3v) is 10.6. The lowest BCUT2D eigenvalue weighted by Crippen LogP contribution is -2.15. The first-order valence-electron chi connectivity index (χ1n) is 16.8. The number of fused-ring (bicyclic) bond motifs is 8. The standard InChI is InChI=1S/C47H32O/c1-47(2)41-28-32(25-26-39(41)46-45(47)40-22-9-10-24-42(40)48-46)44-37-20-7-5-18-35(37)43(36-19-6-8-21-38(36)44)31-16-11-15-30(27-31)34-23-12-14-29-13-3-4-17-33(29)34/h3-28H,1-2H3. The van der Waals surface area contributed by atoms with E-state index in [1.807, 2.05) is 0 Å². The molecule has 1 heterocycles. The molecule has 0 N–H and O–H groups in total. The summed E-state index contributed by atoms with van der Waals surface area (Å²) in [4.78, 5) is 0. The summed E-state index contributed by atoms with van der Waals surface area (Å²) in [6.07, 6.45) is 0. The van der Waals surface area contributed by atoms with E-state index < -0.39 is 0 Å². The first kappa shape index (κ1) is 27.2. The summed E-state index contributed by atoms with van der Waals surface area (Å²) in [6, 6.07) is 57.7. The Bertz CT molecular complexity index is 2690. The molecule has 1 nitrogen and oxygen atoms in total. The Morgan fingerprint density at radius 2 is 0.958 bits per heavy atom. The lowest BCUT2D eigenvalue weighted by molar-refractivity contribution is 0.619. The van der Waals surface area contributed by atoms with E-state index in [4.69, 9.17) is 4.42 Å². The van der Waals surface area contributed by atoms with Crippen LogP contribution in [0.25, 0.3) is 88.0 Å². The van der Waals surface area contributed by atoms with Crippen molar-refractivity contribution in [1.82, 2.24) is 0 Å². The zero-order valence-corrected chi connectivity index (χ0v) is 26.9. The maximum Gasteiger partial charge on any atom is 0.139 e. The van der Waals surface area contributed by atoms with Gasteiger partial charge in [0.2, 0.25) is 0 Å². The van der Waals surface area contributed by atoms with Crippen LogP contribution in [-0.2, 0) is 5.41 Å². The summed E-state index contributed by atoms with van der Waals surface area (Å²) in [5, 5.41) is 8.80. The number of para-hydroxylation sites is 1. The highest BCUT2D eigenvalue weighted by Gasteiger charge is 2.40. The molecule has 0 bridgehead atoms. The highest BCUT2D eigenvalue weighted by Crippen LogP contribution is 2.54. The molecule has 0 radical (unpaired) electrons. The van der Waals surface area contributed by atoms with Gasteiger partial charge in [0.25, 0.3) is 0 Å². The molecule has 1 heteroatoms. The van der Waals surface area contributed by atoms with Gasteiger partial charge in [0.1, 0.15) is 11.3 Å². The van der Waals surface area contributed by atoms with E-state index in [0.717, 1.165) is 11.3 Å². The summed E-state index contributed by atoms with van der Waals surface area (Å²) in [5.41, 5.74) is 12.1. The van der Waals surface area contributed by atoms with E-state index in [9.17, 15) is 0 Å². The molecular formula is C47H32O. The molecule has 1 aliphatic rings. The summed E-state index contributed by atoms with van der Waals surface area (Å²) in [7, 11) is 0. The number of rotatable bonds is 3. The van der Waals surface area contributed by atoms with Crippen LogP contribution in [0, 0.1) is 0 Å². The van der Waals surface area contributed by atoms with Crippen LogP contribution in [-0.4, -0.2) is 0 Å². The molecule has 1 aliphatic carbocycles. The van der Waals surface area contributed by atoms with Crippen molar-refractivity contribution in [3.8, 4) is 44.7 Å². The third kappa shape index (κ3) is 3.79. The topological polar surface area (TPSA) is 13.1 Å². The van der Waals surface area contributed by atoms with Gasteiger partial charge in [0.05, 0.1) is 0 Å². The van der Waals surface area contributed by atoms with Crippen molar-refractivity contribution in [2.45, 2.75) is 19.3 Å². The predicted molar refractivity (Wildman–Crippen MR) is 203 cm³/mol. The van der Waals surface area contributed by atoms with Gasteiger partial charge in [-0.15, -0.1) is 0 Å². The fraction of sp³-hybridized carbons (Fsp3) is 0.0638. The maximum absolute atomic E-state index is 6.49. The van der Waals surface area contributed by atoms with Gasteiger partial charge in [-0.05, 0) is 89.5 Å². The predicted octanol–water partition coefficient (Wildman–Crippen LogP) is 13.2. The van der Waals surface area contributed by atoms with Crippen LogP contribution in [0.15, 0.2) is 162 Å². The number of benzene rings is 8. The number of furan rings is 1. The quantitative estimate of drug-likeness (QED) is 0.181.